The van der Waals surface area contributed by atoms with E-state index in [0.717, 1.165) is 0 Å². The van der Waals surface area contributed by atoms with Gasteiger partial charge in [-0.05, 0) is 54.6 Å². The Balaban J connectivity index is 1.38. The van der Waals surface area contributed by atoms with Crippen LogP contribution in [0.3, 0.4) is 0 Å². The van der Waals surface area contributed by atoms with Crippen LogP contribution in [0.5, 0.6) is 0 Å². The van der Waals surface area contributed by atoms with Gasteiger partial charge in [0.1, 0.15) is 22.5 Å². The van der Waals surface area contributed by atoms with Crippen molar-refractivity contribution in [2.24, 2.45) is 0 Å². The minimum absolute atomic E-state index is 0.132. The summed E-state index contributed by atoms with van der Waals surface area (Å²) in [6, 6.07) is 15.2. The first-order valence-corrected chi connectivity index (χ1v) is 10.5. The molecule has 0 spiro atoms. The number of nitrogens with zero attached hydrogens (tertiary/aromatic N) is 5. The van der Waals surface area contributed by atoms with E-state index in [4.69, 9.17) is 4.74 Å². The number of aromatic nitrogens is 3. The van der Waals surface area contributed by atoms with Gasteiger partial charge in [0.2, 0.25) is 0 Å². The number of rotatable bonds is 5. The third-order valence-corrected chi connectivity index (χ3v) is 5.48. The molecule has 0 aliphatic carbocycles. The van der Waals surface area contributed by atoms with Gasteiger partial charge in [0.25, 0.3) is 11.6 Å². The summed E-state index contributed by atoms with van der Waals surface area (Å²) in [6.45, 7) is 2.08. The molecule has 1 aliphatic heterocycles. The Morgan fingerprint density at radius 1 is 1.00 bits per heavy atom. The Hall–Kier alpha value is -4.38. The number of halogens is 1. The fraction of sp³-hybridized carbons (Fsp3) is 0.174. The maximum Gasteiger partial charge on any atom is 0.293 e. The SMILES string of the molecule is O=C(Nc1ccc2nn(-c3ccc(F)cc3)nc2c1)c1ccc(N2CCOCC2)c([N+](=O)[O-])c1. The van der Waals surface area contributed by atoms with Gasteiger partial charge in [-0.25, -0.2) is 4.39 Å². The molecule has 1 saturated heterocycles. The molecule has 1 aliphatic rings. The van der Waals surface area contributed by atoms with Crippen LogP contribution in [0, 0.1) is 15.9 Å². The number of carbonyl (C=O) groups is 1. The van der Waals surface area contributed by atoms with Gasteiger partial charge >= 0.3 is 0 Å². The van der Waals surface area contributed by atoms with E-state index in [-0.39, 0.29) is 17.1 Å². The number of nitrogens with one attached hydrogen (secondary N) is 1. The number of nitro benzene ring substituents is 1. The largest absolute Gasteiger partial charge is 0.378 e. The van der Waals surface area contributed by atoms with Crippen molar-refractivity contribution in [3.8, 4) is 5.69 Å². The van der Waals surface area contributed by atoms with E-state index in [1.165, 1.54) is 23.0 Å². The van der Waals surface area contributed by atoms with E-state index < -0.39 is 10.8 Å². The summed E-state index contributed by atoms with van der Waals surface area (Å²) in [5.74, 6) is -0.842. The standard InChI is InChI=1S/C23H19FN6O4/c24-16-2-5-18(6-3-16)29-26-19-7-4-17(14-20(19)27-29)25-23(31)15-1-8-21(22(13-15)30(32)33)28-9-11-34-12-10-28/h1-8,13-14H,9-12H2,(H,25,31). The zero-order valence-electron chi connectivity index (χ0n) is 17.8. The van der Waals surface area contributed by atoms with E-state index in [0.29, 0.717) is 54.4 Å². The third-order valence-electron chi connectivity index (χ3n) is 5.48. The lowest BCUT2D eigenvalue weighted by atomic mass is 10.1. The Morgan fingerprint density at radius 3 is 2.47 bits per heavy atom. The molecular weight excluding hydrogens is 443 g/mol. The summed E-state index contributed by atoms with van der Waals surface area (Å²) < 4.78 is 18.5. The summed E-state index contributed by atoms with van der Waals surface area (Å²) in [7, 11) is 0. The summed E-state index contributed by atoms with van der Waals surface area (Å²) >= 11 is 0. The highest BCUT2D eigenvalue weighted by Gasteiger charge is 2.23. The van der Waals surface area contributed by atoms with Crippen molar-refractivity contribution in [1.82, 2.24) is 15.0 Å². The number of hydrogen-bond acceptors (Lipinski definition) is 7. The molecule has 10 nitrogen and oxygen atoms in total. The molecule has 0 atom stereocenters. The lowest BCUT2D eigenvalue weighted by Crippen LogP contribution is -2.36. The molecule has 3 aromatic carbocycles. The van der Waals surface area contributed by atoms with Crippen molar-refractivity contribution in [2.45, 2.75) is 0 Å². The van der Waals surface area contributed by atoms with Crippen molar-refractivity contribution in [3.05, 3.63) is 82.2 Å². The second-order valence-electron chi connectivity index (χ2n) is 7.68. The molecule has 0 bridgehead atoms. The van der Waals surface area contributed by atoms with E-state index in [1.807, 2.05) is 4.90 Å². The number of benzene rings is 3. The average molecular weight is 462 g/mol. The average Bonchev–Trinajstić information content (AvgIpc) is 3.28. The minimum Gasteiger partial charge on any atom is -0.378 e. The van der Waals surface area contributed by atoms with Gasteiger partial charge < -0.3 is 15.0 Å². The summed E-state index contributed by atoms with van der Waals surface area (Å²) in [4.78, 5) is 27.3. The molecule has 1 fully saturated rings. The minimum atomic E-state index is -0.485. The monoisotopic (exact) mass is 462 g/mol. The van der Waals surface area contributed by atoms with Gasteiger partial charge in [-0.3, -0.25) is 14.9 Å². The van der Waals surface area contributed by atoms with Gasteiger partial charge in [0, 0.05) is 30.4 Å². The van der Waals surface area contributed by atoms with Gasteiger partial charge in [-0.15, -0.1) is 10.2 Å². The van der Waals surface area contributed by atoms with Crippen LogP contribution in [0.2, 0.25) is 0 Å². The third kappa shape index (κ3) is 4.28. The normalized spacial score (nSPS) is 13.7. The molecule has 0 saturated carbocycles. The molecule has 1 amide bonds. The highest BCUT2D eigenvalue weighted by atomic mass is 19.1. The van der Waals surface area contributed by atoms with Crippen LogP contribution in [0.25, 0.3) is 16.7 Å². The van der Waals surface area contributed by atoms with E-state index in [9.17, 15) is 19.3 Å². The number of morpholine rings is 1. The van der Waals surface area contributed by atoms with Crippen molar-refractivity contribution < 1.29 is 18.8 Å². The van der Waals surface area contributed by atoms with Crippen molar-refractivity contribution in [2.75, 3.05) is 36.5 Å². The second kappa shape index (κ2) is 8.87. The quantitative estimate of drug-likeness (QED) is 0.356. The van der Waals surface area contributed by atoms with E-state index in [1.54, 1.807) is 42.5 Å². The molecule has 5 rings (SSSR count). The lowest BCUT2D eigenvalue weighted by molar-refractivity contribution is -0.384. The molecule has 2 heterocycles. The highest BCUT2D eigenvalue weighted by Crippen LogP contribution is 2.30. The van der Waals surface area contributed by atoms with E-state index >= 15 is 0 Å². The van der Waals surface area contributed by atoms with Crippen molar-refractivity contribution >= 4 is 34.0 Å². The van der Waals surface area contributed by atoms with Gasteiger partial charge in [-0.2, -0.15) is 4.80 Å². The fourth-order valence-electron chi connectivity index (χ4n) is 3.77. The van der Waals surface area contributed by atoms with Crippen LogP contribution in [0.1, 0.15) is 10.4 Å². The summed E-state index contributed by atoms with van der Waals surface area (Å²) in [5, 5.41) is 23.1. The van der Waals surface area contributed by atoms with Crippen molar-refractivity contribution in [1.29, 1.82) is 0 Å². The van der Waals surface area contributed by atoms with Crippen LogP contribution in [-0.2, 0) is 4.74 Å². The van der Waals surface area contributed by atoms with Gasteiger partial charge in [0.05, 0.1) is 23.8 Å². The van der Waals surface area contributed by atoms with Crippen molar-refractivity contribution in [3.63, 3.8) is 0 Å². The zero-order valence-corrected chi connectivity index (χ0v) is 17.8. The maximum atomic E-state index is 13.2. The van der Waals surface area contributed by atoms with Crippen LogP contribution in [0.15, 0.2) is 60.7 Å². The number of nitro groups is 1. The molecule has 34 heavy (non-hydrogen) atoms. The molecule has 4 aromatic rings. The maximum absolute atomic E-state index is 13.2. The fourth-order valence-corrected chi connectivity index (χ4v) is 3.77. The zero-order chi connectivity index (χ0) is 23.7. The van der Waals surface area contributed by atoms with Crippen LogP contribution < -0.4 is 10.2 Å². The predicted molar refractivity (Wildman–Crippen MR) is 123 cm³/mol. The molecule has 172 valence electrons. The van der Waals surface area contributed by atoms with Gasteiger partial charge in [-0.1, -0.05) is 0 Å². The summed E-state index contributed by atoms with van der Waals surface area (Å²) in [5.41, 5.74) is 2.66. The van der Waals surface area contributed by atoms with Crippen LogP contribution in [-0.4, -0.2) is 52.1 Å². The second-order valence-corrected chi connectivity index (χ2v) is 7.68. The molecule has 11 heteroatoms. The number of fused-ring (bicyclic) bond motifs is 1. The Bertz CT molecular complexity index is 1380. The first-order valence-electron chi connectivity index (χ1n) is 10.5. The highest BCUT2D eigenvalue weighted by molar-refractivity contribution is 6.05. The van der Waals surface area contributed by atoms with Gasteiger partial charge in [0.15, 0.2) is 0 Å². The molecule has 1 aromatic heterocycles. The predicted octanol–water partition coefficient (Wildman–Crippen LogP) is 3.56. The van der Waals surface area contributed by atoms with E-state index in [2.05, 4.69) is 15.5 Å². The Kier molecular flexibility index (Phi) is 5.60. The van der Waals surface area contributed by atoms with Crippen LogP contribution in [0.4, 0.5) is 21.5 Å². The first-order chi connectivity index (χ1) is 16.5. The molecule has 1 N–H and O–H groups in total. The van der Waals surface area contributed by atoms with Crippen LogP contribution >= 0.6 is 0 Å². The Labute approximate surface area is 192 Å². The number of anilines is 2. The number of ether oxygens (including phenoxy) is 1. The number of carbonyl (C=O) groups excluding carboxylic acids is 1. The molecule has 0 unspecified atom stereocenters. The Morgan fingerprint density at radius 2 is 1.74 bits per heavy atom. The molecule has 0 radical (unpaired) electrons. The molecular formula is C23H19FN6O4. The number of hydrogen-bond donors (Lipinski definition) is 1. The summed E-state index contributed by atoms with van der Waals surface area (Å²) in [6.07, 6.45) is 0. The number of amides is 1. The smallest absolute Gasteiger partial charge is 0.293 e. The lowest BCUT2D eigenvalue weighted by Gasteiger charge is -2.28. The topological polar surface area (TPSA) is 115 Å². The first kappa shape index (κ1) is 21.5.